The van der Waals surface area contributed by atoms with Crippen LogP contribution in [0.3, 0.4) is 0 Å². The first-order valence-electron chi connectivity index (χ1n) is 9.02. The molecule has 26 heavy (non-hydrogen) atoms. The van der Waals surface area contributed by atoms with Gasteiger partial charge in [0.15, 0.2) is 0 Å². The second-order valence-corrected chi connectivity index (χ2v) is 6.73. The molecule has 2 aromatic heterocycles. The number of primary amides is 1. The lowest BCUT2D eigenvalue weighted by Crippen LogP contribution is -2.22. The van der Waals surface area contributed by atoms with Crippen LogP contribution in [0, 0.1) is 13.8 Å². The number of nitrogens with two attached hydrogens (primary N) is 1. The molecule has 0 spiro atoms. The van der Waals surface area contributed by atoms with Gasteiger partial charge in [-0.2, -0.15) is 0 Å². The average molecular weight is 350 g/mol. The molecule has 1 amide bonds. The Morgan fingerprint density at radius 1 is 1.27 bits per heavy atom. The van der Waals surface area contributed by atoms with E-state index < -0.39 is 0 Å². The highest BCUT2D eigenvalue weighted by Crippen LogP contribution is 2.27. The summed E-state index contributed by atoms with van der Waals surface area (Å²) in [5.74, 6) is -0.330. The van der Waals surface area contributed by atoms with Gasteiger partial charge in [0.2, 0.25) is 5.91 Å². The molecule has 0 aliphatic carbocycles. The van der Waals surface area contributed by atoms with Crippen molar-refractivity contribution in [2.24, 2.45) is 5.73 Å². The predicted molar refractivity (Wildman–Crippen MR) is 105 cm³/mol. The summed E-state index contributed by atoms with van der Waals surface area (Å²) in [4.78, 5) is 16.0. The molecular weight excluding hydrogens is 324 g/mol. The molecule has 1 aromatic carbocycles. The number of fused-ring (bicyclic) bond motifs is 1. The summed E-state index contributed by atoms with van der Waals surface area (Å²) in [5.41, 5.74) is 11.0. The minimum atomic E-state index is -0.330. The van der Waals surface area contributed by atoms with E-state index in [1.165, 1.54) is 11.1 Å². The van der Waals surface area contributed by atoms with E-state index in [0.29, 0.717) is 6.54 Å². The van der Waals surface area contributed by atoms with E-state index in [9.17, 15) is 4.79 Å². The van der Waals surface area contributed by atoms with Gasteiger partial charge in [0.25, 0.3) is 0 Å². The number of nitrogens with zero attached hydrogens (tertiary/aromatic N) is 2. The van der Waals surface area contributed by atoms with Gasteiger partial charge in [0.05, 0.1) is 5.69 Å². The molecule has 136 valence electrons. The topological polar surface area (TPSA) is 72.9 Å². The molecule has 5 nitrogen and oxygen atoms in total. The molecule has 2 heterocycles. The minimum absolute atomic E-state index is 0.188. The van der Waals surface area contributed by atoms with Gasteiger partial charge in [-0.25, -0.2) is 0 Å². The van der Waals surface area contributed by atoms with Crippen LogP contribution in [0.15, 0.2) is 42.6 Å². The van der Waals surface area contributed by atoms with Crippen molar-refractivity contribution in [3.63, 3.8) is 0 Å². The molecule has 5 heteroatoms. The molecule has 0 aliphatic rings. The van der Waals surface area contributed by atoms with Gasteiger partial charge in [0, 0.05) is 35.4 Å². The highest BCUT2D eigenvalue weighted by Gasteiger charge is 2.17. The fourth-order valence-electron chi connectivity index (χ4n) is 3.52. The molecule has 0 aliphatic heterocycles. The predicted octanol–water partition coefficient (Wildman–Crippen LogP) is 3.38. The number of aromatic nitrogens is 2. The summed E-state index contributed by atoms with van der Waals surface area (Å²) in [6, 6.07) is 12.5. The molecule has 0 radical (unpaired) electrons. The number of pyridine rings is 1. The molecule has 3 N–H and O–H groups in total. The van der Waals surface area contributed by atoms with Crippen LogP contribution >= 0.6 is 0 Å². The highest BCUT2D eigenvalue weighted by atomic mass is 16.1. The number of rotatable bonds is 7. The summed E-state index contributed by atoms with van der Waals surface area (Å²) in [5, 5.41) is 4.79. The van der Waals surface area contributed by atoms with Crippen LogP contribution in [-0.2, 0) is 17.9 Å². The number of carbonyl (C=O) groups is 1. The van der Waals surface area contributed by atoms with Gasteiger partial charge >= 0.3 is 0 Å². The van der Waals surface area contributed by atoms with Crippen molar-refractivity contribution in [1.29, 1.82) is 0 Å². The number of benzene rings is 1. The number of carbonyl (C=O) groups excluding carboxylic acids is 1. The van der Waals surface area contributed by atoms with E-state index in [-0.39, 0.29) is 18.5 Å². The van der Waals surface area contributed by atoms with Crippen molar-refractivity contribution >= 4 is 16.8 Å². The number of aryl methyl sites for hydroxylation is 1. The van der Waals surface area contributed by atoms with Gasteiger partial charge in [-0.1, -0.05) is 25.1 Å². The Kier molecular flexibility index (Phi) is 5.38. The first-order valence-corrected chi connectivity index (χ1v) is 9.02. The maximum absolute atomic E-state index is 11.5. The Morgan fingerprint density at radius 3 is 2.73 bits per heavy atom. The van der Waals surface area contributed by atoms with Crippen LogP contribution in [0.1, 0.15) is 41.9 Å². The Labute approximate surface area is 154 Å². The number of para-hydroxylation sites is 1. The second kappa shape index (κ2) is 7.70. The normalized spacial score (nSPS) is 12.4. The van der Waals surface area contributed by atoms with Gasteiger partial charge in [0.1, 0.15) is 6.54 Å². The Bertz CT molecular complexity index is 929. The first-order chi connectivity index (χ1) is 12.5. The Morgan fingerprint density at radius 2 is 2.04 bits per heavy atom. The number of nitrogens with one attached hydrogen (secondary N) is 1. The lowest BCUT2D eigenvalue weighted by atomic mass is 10.1. The lowest BCUT2D eigenvalue weighted by molar-refractivity contribution is -0.118. The van der Waals surface area contributed by atoms with Crippen molar-refractivity contribution in [1.82, 2.24) is 14.9 Å². The zero-order valence-electron chi connectivity index (χ0n) is 15.6. The molecule has 1 atom stereocenters. The summed E-state index contributed by atoms with van der Waals surface area (Å²) in [6.07, 6.45) is 2.81. The maximum Gasteiger partial charge on any atom is 0.237 e. The fraction of sp³-hybridized carbons (Fsp3) is 0.333. The quantitative estimate of drug-likeness (QED) is 0.686. The smallest absolute Gasteiger partial charge is 0.237 e. The van der Waals surface area contributed by atoms with Crippen LogP contribution in [0.25, 0.3) is 10.9 Å². The van der Waals surface area contributed by atoms with Crippen LogP contribution in [0.2, 0.25) is 0 Å². The molecule has 0 saturated carbocycles. The molecule has 0 unspecified atom stereocenters. The maximum atomic E-state index is 11.5. The van der Waals surface area contributed by atoms with Crippen molar-refractivity contribution in [2.45, 2.75) is 46.3 Å². The third kappa shape index (κ3) is 3.63. The van der Waals surface area contributed by atoms with E-state index in [0.717, 1.165) is 28.7 Å². The van der Waals surface area contributed by atoms with Gasteiger partial charge in [-0.05, 0) is 49.6 Å². The van der Waals surface area contributed by atoms with Crippen molar-refractivity contribution in [2.75, 3.05) is 0 Å². The zero-order chi connectivity index (χ0) is 18.7. The summed E-state index contributed by atoms with van der Waals surface area (Å²) in [6.45, 7) is 7.20. The molecule has 3 aromatic rings. The zero-order valence-corrected chi connectivity index (χ0v) is 15.6. The van der Waals surface area contributed by atoms with Gasteiger partial charge < -0.3 is 15.6 Å². The minimum Gasteiger partial charge on any atom is -0.368 e. The van der Waals surface area contributed by atoms with Crippen LogP contribution in [-0.4, -0.2) is 15.5 Å². The number of hydrogen-bond donors (Lipinski definition) is 2. The Balaban J connectivity index is 1.91. The highest BCUT2D eigenvalue weighted by molar-refractivity contribution is 5.87. The van der Waals surface area contributed by atoms with E-state index in [4.69, 9.17) is 5.73 Å². The molecule has 0 fully saturated rings. The summed E-state index contributed by atoms with van der Waals surface area (Å²) >= 11 is 0. The third-order valence-electron chi connectivity index (χ3n) is 4.90. The van der Waals surface area contributed by atoms with E-state index in [1.807, 2.05) is 42.0 Å². The Hall–Kier alpha value is -2.66. The standard InChI is InChI=1S/C21H26N4O/c1-4-18(19-11-14(2)9-10-23-19)24-12-17-15(3)25(13-21(22)26)20-8-6-5-7-16(17)20/h5-11,18,24H,4,12-13H2,1-3H3,(H2,22,26)/t18-/m1/s1. The van der Waals surface area contributed by atoms with Crippen molar-refractivity contribution in [3.8, 4) is 0 Å². The fourth-order valence-corrected chi connectivity index (χ4v) is 3.52. The summed E-state index contributed by atoms with van der Waals surface area (Å²) < 4.78 is 2.00. The molecule has 3 rings (SSSR count). The molecule has 0 saturated heterocycles. The van der Waals surface area contributed by atoms with Gasteiger partial charge in [-0.3, -0.25) is 9.78 Å². The second-order valence-electron chi connectivity index (χ2n) is 6.73. The monoisotopic (exact) mass is 350 g/mol. The lowest BCUT2D eigenvalue weighted by Gasteiger charge is -2.17. The van der Waals surface area contributed by atoms with Crippen molar-refractivity contribution in [3.05, 3.63) is 65.1 Å². The summed E-state index contributed by atoms with van der Waals surface area (Å²) in [7, 11) is 0. The first kappa shape index (κ1) is 18.1. The number of hydrogen-bond acceptors (Lipinski definition) is 3. The van der Waals surface area contributed by atoms with Crippen molar-refractivity contribution < 1.29 is 4.79 Å². The third-order valence-corrected chi connectivity index (χ3v) is 4.90. The largest absolute Gasteiger partial charge is 0.368 e. The SMILES string of the molecule is CC[C@@H](NCc1c(C)n(CC(N)=O)c2ccccc12)c1cc(C)ccn1. The van der Waals surface area contributed by atoms with E-state index >= 15 is 0 Å². The van der Waals surface area contributed by atoms with E-state index in [2.05, 4.69) is 36.3 Å². The van der Waals surface area contributed by atoms with Crippen LogP contribution in [0.5, 0.6) is 0 Å². The molecular formula is C21H26N4O. The van der Waals surface area contributed by atoms with Gasteiger partial charge in [-0.15, -0.1) is 0 Å². The van der Waals surface area contributed by atoms with Crippen LogP contribution in [0.4, 0.5) is 0 Å². The number of amides is 1. The van der Waals surface area contributed by atoms with E-state index in [1.54, 1.807) is 0 Å². The molecule has 0 bridgehead atoms. The average Bonchev–Trinajstić information content (AvgIpc) is 2.88. The van der Waals surface area contributed by atoms with Crippen LogP contribution < -0.4 is 11.1 Å².